The van der Waals surface area contributed by atoms with Gasteiger partial charge in [-0.2, -0.15) is 0 Å². The molecule has 1 aliphatic carbocycles. The minimum Gasteiger partial charge on any atom is -0.391 e. The van der Waals surface area contributed by atoms with Gasteiger partial charge in [0.25, 0.3) is 0 Å². The van der Waals surface area contributed by atoms with Crippen LogP contribution in [0.2, 0.25) is 5.02 Å². The summed E-state index contributed by atoms with van der Waals surface area (Å²) >= 11 is 5.69. The first kappa shape index (κ1) is 15.7. The van der Waals surface area contributed by atoms with Crippen molar-refractivity contribution >= 4 is 24.0 Å². The molecule has 0 saturated heterocycles. The van der Waals surface area contributed by atoms with Gasteiger partial charge in [-0.1, -0.05) is 30.5 Å². The minimum atomic E-state index is -0.673. The first-order chi connectivity index (χ1) is 8.09. The van der Waals surface area contributed by atoms with Crippen LogP contribution in [0.1, 0.15) is 37.3 Å². The number of aliphatic hydroxyl groups is 1. The van der Waals surface area contributed by atoms with Crippen molar-refractivity contribution in [3.63, 3.8) is 0 Å². The lowest BCUT2D eigenvalue weighted by molar-refractivity contribution is 0.0833. The molecule has 1 fully saturated rings. The van der Waals surface area contributed by atoms with Crippen molar-refractivity contribution in [2.45, 2.75) is 37.8 Å². The highest BCUT2D eigenvalue weighted by atomic mass is 35.5. The third-order valence-corrected chi connectivity index (χ3v) is 3.81. The average Bonchev–Trinajstić information content (AvgIpc) is 2.80. The summed E-state index contributed by atoms with van der Waals surface area (Å²) in [4.78, 5) is 0. The predicted molar refractivity (Wildman–Crippen MR) is 73.6 cm³/mol. The Morgan fingerprint density at radius 2 is 1.94 bits per heavy atom. The average molecular weight is 294 g/mol. The number of nitrogens with two attached hydrogens (primary N) is 1. The van der Waals surface area contributed by atoms with Crippen LogP contribution >= 0.6 is 24.0 Å². The van der Waals surface area contributed by atoms with E-state index in [9.17, 15) is 9.50 Å². The van der Waals surface area contributed by atoms with E-state index in [4.69, 9.17) is 17.3 Å². The topological polar surface area (TPSA) is 46.2 Å². The SMILES string of the molecule is Cl.N[C@@H](c1ccc(Cl)cc1F)[C@H](O)C1CCCC1. The van der Waals surface area contributed by atoms with Crippen LogP contribution in [-0.4, -0.2) is 11.2 Å². The largest absolute Gasteiger partial charge is 0.391 e. The van der Waals surface area contributed by atoms with Crippen LogP contribution in [0.4, 0.5) is 4.39 Å². The Bertz CT molecular complexity index is 397. The van der Waals surface area contributed by atoms with E-state index in [-0.39, 0.29) is 18.3 Å². The lowest BCUT2D eigenvalue weighted by Gasteiger charge is -2.24. The van der Waals surface area contributed by atoms with Gasteiger partial charge < -0.3 is 10.8 Å². The van der Waals surface area contributed by atoms with Crippen molar-refractivity contribution < 1.29 is 9.50 Å². The molecule has 2 rings (SSSR count). The summed E-state index contributed by atoms with van der Waals surface area (Å²) in [5, 5.41) is 10.5. The van der Waals surface area contributed by atoms with Crippen molar-refractivity contribution in [3.05, 3.63) is 34.6 Å². The molecular weight excluding hydrogens is 276 g/mol. The molecule has 0 radical (unpaired) electrons. The summed E-state index contributed by atoms with van der Waals surface area (Å²) in [6.45, 7) is 0. The van der Waals surface area contributed by atoms with Gasteiger partial charge in [0.05, 0.1) is 12.1 Å². The molecular formula is C13H18Cl2FNO. The minimum absolute atomic E-state index is 0. The zero-order chi connectivity index (χ0) is 12.4. The molecule has 0 amide bonds. The maximum absolute atomic E-state index is 13.7. The first-order valence-electron chi connectivity index (χ1n) is 5.98. The highest BCUT2D eigenvalue weighted by molar-refractivity contribution is 6.30. The summed E-state index contributed by atoms with van der Waals surface area (Å²) in [7, 11) is 0. The zero-order valence-electron chi connectivity index (χ0n) is 9.98. The normalized spacial score (nSPS) is 19.3. The van der Waals surface area contributed by atoms with Crippen LogP contribution in [0, 0.1) is 11.7 Å². The van der Waals surface area contributed by atoms with E-state index >= 15 is 0 Å². The van der Waals surface area contributed by atoms with Gasteiger partial charge in [-0.05, 0) is 30.9 Å². The quantitative estimate of drug-likeness (QED) is 0.897. The summed E-state index contributed by atoms with van der Waals surface area (Å²) in [6, 6.07) is 3.72. The highest BCUT2D eigenvalue weighted by Gasteiger charge is 2.29. The molecule has 0 unspecified atom stereocenters. The van der Waals surface area contributed by atoms with Crippen LogP contribution in [0.15, 0.2) is 18.2 Å². The lowest BCUT2D eigenvalue weighted by atomic mass is 9.91. The Labute approximate surface area is 118 Å². The second kappa shape index (κ2) is 6.71. The Hall–Kier alpha value is -0.350. The van der Waals surface area contributed by atoms with Gasteiger partial charge in [-0.15, -0.1) is 12.4 Å². The molecule has 0 heterocycles. The Kier molecular flexibility index (Phi) is 5.86. The second-order valence-corrected chi connectivity index (χ2v) is 5.16. The van der Waals surface area contributed by atoms with Crippen LogP contribution < -0.4 is 5.73 Å². The number of benzene rings is 1. The molecule has 2 nitrogen and oxygen atoms in total. The van der Waals surface area contributed by atoms with Crippen molar-refractivity contribution in [1.29, 1.82) is 0 Å². The zero-order valence-corrected chi connectivity index (χ0v) is 11.6. The molecule has 1 aromatic rings. The van der Waals surface area contributed by atoms with Gasteiger partial charge in [-0.25, -0.2) is 4.39 Å². The second-order valence-electron chi connectivity index (χ2n) is 4.73. The monoisotopic (exact) mass is 293 g/mol. The molecule has 3 N–H and O–H groups in total. The van der Waals surface area contributed by atoms with Crippen LogP contribution in [0.25, 0.3) is 0 Å². The highest BCUT2D eigenvalue weighted by Crippen LogP contribution is 2.33. The van der Waals surface area contributed by atoms with Crippen LogP contribution in [0.5, 0.6) is 0 Å². The lowest BCUT2D eigenvalue weighted by Crippen LogP contribution is -2.32. The van der Waals surface area contributed by atoms with E-state index in [1.807, 2.05) is 0 Å². The molecule has 102 valence electrons. The first-order valence-corrected chi connectivity index (χ1v) is 6.36. The third kappa shape index (κ3) is 3.35. The fourth-order valence-electron chi connectivity index (χ4n) is 2.55. The molecule has 0 aliphatic heterocycles. The molecule has 1 aliphatic rings. The number of rotatable bonds is 3. The fourth-order valence-corrected chi connectivity index (χ4v) is 2.71. The van der Waals surface area contributed by atoms with Gasteiger partial charge in [-0.3, -0.25) is 0 Å². The molecule has 0 spiro atoms. The van der Waals surface area contributed by atoms with E-state index in [1.165, 1.54) is 6.07 Å². The summed E-state index contributed by atoms with van der Waals surface area (Å²) in [5.41, 5.74) is 6.28. The maximum atomic E-state index is 13.7. The third-order valence-electron chi connectivity index (χ3n) is 3.57. The number of hydrogen-bond donors (Lipinski definition) is 2. The molecule has 18 heavy (non-hydrogen) atoms. The van der Waals surface area contributed by atoms with Gasteiger partial charge >= 0.3 is 0 Å². The van der Waals surface area contributed by atoms with Crippen molar-refractivity contribution in [1.82, 2.24) is 0 Å². The van der Waals surface area contributed by atoms with E-state index in [0.29, 0.717) is 10.6 Å². The predicted octanol–water partition coefficient (Wildman–Crippen LogP) is 3.45. The maximum Gasteiger partial charge on any atom is 0.129 e. The molecule has 5 heteroatoms. The van der Waals surface area contributed by atoms with E-state index < -0.39 is 18.0 Å². The number of aliphatic hydroxyl groups excluding tert-OH is 1. The Morgan fingerprint density at radius 3 is 2.50 bits per heavy atom. The Balaban J connectivity index is 0.00000162. The molecule has 1 saturated carbocycles. The van der Waals surface area contributed by atoms with Crippen molar-refractivity contribution in [2.24, 2.45) is 11.7 Å². The summed E-state index contributed by atoms with van der Waals surface area (Å²) in [6.07, 6.45) is 3.52. The van der Waals surface area contributed by atoms with Gasteiger partial charge in [0.2, 0.25) is 0 Å². The Morgan fingerprint density at radius 1 is 1.33 bits per heavy atom. The molecule has 0 aromatic heterocycles. The fraction of sp³-hybridized carbons (Fsp3) is 0.538. The van der Waals surface area contributed by atoms with Crippen molar-refractivity contribution in [2.75, 3.05) is 0 Å². The molecule has 2 atom stereocenters. The van der Waals surface area contributed by atoms with E-state index in [2.05, 4.69) is 0 Å². The van der Waals surface area contributed by atoms with E-state index in [0.717, 1.165) is 25.7 Å². The number of halogens is 3. The molecule has 1 aromatic carbocycles. The number of hydrogen-bond acceptors (Lipinski definition) is 2. The van der Waals surface area contributed by atoms with Crippen molar-refractivity contribution in [3.8, 4) is 0 Å². The van der Waals surface area contributed by atoms with Crippen LogP contribution in [-0.2, 0) is 0 Å². The van der Waals surface area contributed by atoms with E-state index in [1.54, 1.807) is 12.1 Å². The van der Waals surface area contributed by atoms with Gasteiger partial charge in [0.1, 0.15) is 5.82 Å². The standard InChI is InChI=1S/C13H17ClFNO.ClH/c14-9-5-6-10(11(15)7-9)12(16)13(17)8-3-1-2-4-8;/h5-8,12-13,17H,1-4,16H2;1H/t12-,13+;/m0./s1. The molecule has 0 bridgehead atoms. The summed E-state index contributed by atoms with van der Waals surface area (Å²) < 4.78 is 13.7. The smallest absolute Gasteiger partial charge is 0.129 e. The van der Waals surface area contributed by atoms with Gasteiger partial charge in [0, 0.05) is 10.6 Å². The summed E-state index contributed by atoms with van der Waals surface area (Å²) in [5.74, 6) is -0.248. The van der Waals surface area contributed by atoms with Gasteiger partial charge in [0.15, 0.2) is 0 Å². The van der Waals surface area contributed by atoms with Crippen LogP contribution in [0.3, 0.4) is 0 Å².